The van der Waals surface area contributed by atoms with Gasteiger partial charge in [0, 0.05) is 27.7 Å². The van der Waals surface area contributed by atoms with Gasteiger partial charge in [0.2, 0.25) is 0 Å². The second kappa shape index (κ2) is 6.23. The summed E-state index contributed by atoms with van der Waals surface area (Å²) in [4.78, 5) is 15.7. The average Bonchev–Trinajstić information content (AvgIpc) is 3.22. The van der Waals surface area contributed by atoms with Gasteiger partial charge in [-0.15, -0.1) is 0 Å². The SMILES string of the molecule is COC(=O)c1cc(-c2c(C)[nH]c3ccc(C)cc23)oc1-c1ccccc1. The molecule has 4 aromatic rings. The number of carbonyl (C=O) groups is 1. The second-order valence-electron chi connectivity index (χ2n) is 6.39. The van der Waals surface area contributed by atoms with Crippen molar-refractivity contribution < 1.29 is 13.9 Å². The molecule has 2 aromatic carbocycles. The van der Waals surface area contributed by atoms with Crippen LogP contribution >= 0.6 is 0 Å². The van der Waals surface area contributed by atoms with Crippen LogP contribution in [0.3, 0.4) is 0 Å². The molecular weight excluding hydrogens is 326 g/mol. The molecule has 0 fully saturated rings. The lowest BCUT2D eigenvalue weighted by molar-refractivity contribution is 0.0601. The number of aryl methyl sites for hydroxylation is 2. The number of nitrogens with one attached hydrogen (secondary N) is 1. The highest BCUT2D eigenvalue weighted by atomic mass is 16.5. The standard InChI is InChI=1S/C22H19NO3/c1-13-9-10-18-16(11-13)20(14(2)23-18)19-12-17(22(24)25-3)21(26-19)15-7-5-4-6-8-15/h4-12,23H,1-3H3. The van der Waals surface area contributed by atoms with Crippen molar-refractivity contribution in [3.05, 3.63) is 71.4 Å². The molecule has 0 amide bonds. The van der Waals surface area contributed by atoms with Gasteiger partial charge in [-0.2, -0.15) is 0 Å². The highest BCUT2D eigenvalue weighted by molar-refractivity contribution is 6.01. The van der Waals surface area contributed by atoms with Crippen molar-refractivity contribution in [2.75, 3.05) is 7.11 Å². The van der Waals surface area contributed by atoms with E-state index < -0.39 is 5.97 Å². The fourth-order valence-electron chi connectivity index (χ4n) is 3.34. The van der Waals surface area contributed by atoms with E-state index in [1.54, 1.807) is 6.07 Å². The fourth-order valence-corrected chi connectivity index (χ4v) is 3.34. The molecule has 4 heteroatoms. The molecule has 0 aliphatic carbocycles. The van der Waals surface area contributed by atoms with Crippen LogP contribution in [0.1, 0.15) is 21.6 Å². The van der Waals surface area contributed by atoms with Gasteiger partial charge in [0.1, 0.15) is 17.1 Å². The lowest BCUT2D eigenvalue weighted by Crippen LogP contribution is -2.00. The molecule has 0 saturated heterocycles. The Morgan fingerprint density at radius 1 is 1.04 bits per heavy atom. The maximum atomic E-state index is 12.3. The number of methoxy groups -OCH3 is 1. The lowest BCUT2D eigenvalue weighted by Gasteiger charge is -2.01. The van der Waals surface area contributed by atoms with Gasteiger partial charge in [0.05, 0.1) is 7.11 Å². The van der Waals surface area contributed by atoms with Crippen molar-refractivity contribution in [3.8, 4) is 22.6 Å². The zero-order chi connectivity index (χ0) is 18.3. The Hall–Kier alpha value is -3.27. The van der Waals surface area contributed by atoms with Crippen LogP contribution < -0.4 is 0 Å². The van der Waals surface area contributed by atoms with Crippen LogP contribution in [-0.4, -0.2) is 18.1 Å². The van der Waals surface area contributed by atoms with Crippen molar-refractivity contribution in [2.24, 2.45) is 0 Å². The minimum Gasteiger partial charge on any atom is -0.465 e. The summed E-state index contributed by atoms with van der Waals surface area (Å²) in [5.74, 6) is 0.764. The molecule has 0 saturated carbocycles. The predicted octanol–water partition coefficient (Wildman–Crippen LogP) is 5.50. The highest BCUT2D eigenvalue weighted by Gasteiger charge is 2.23. The lowest BCUT2D eigenvalue weighted by atomic mass is 10.1. The van der Waals surface area contributed by atoms with E-state index in [1.165, 1.54) is 12.7 Å². The molecule has 130 valence electrons. The van der Waals surface area contributed by atoms with Crippen LogP contribution in [0.4, 0.5) is 0 Å². The predicted molar refractivity (Wildman–Crippen MR) is 102 cm³/mol. The minimum atomic E-state index is -0.410. The first-order chi connectivity index (χ1) is 12.6. The molecule has 1 N–H and O–H groups in total. The molecule has 2 heterocycles. The van der Waals surface area contributed by atoms with Crippen molar-refractivity contribution >= 4 is 16.9 Å². The number of carbonyl (C=O) groups excluding carboxylic acids is 1. The molecule has 0 unspecified atom stereocenters. The van der Waals surface area contributed by atoms with E-state index >= 15 is 0 Å². The van der Waals surface area contributed by atoms with Gasteiger partial charge in [-0.1, -0.05) is 42.0 Å². The van der Waals surface area contributed by atoms with Crippen LogP contribution in [-0.2, 0) is 4.74 Å². The number of hydrogen-bond acceptors (Lipinski definition) is 3. The third-order valence-corrected chi connectivity index (χ3v) is 4.56. The van der Waals surface area contributed by atoms with E-state index in [1.807, 2.05) is 37.3 Å². The van der Waals surface area contributed by atoms with Crippen molar-refractivity contribution in [2.45, 2.75) is 13.8 Å². The third kappa shape index (κ3) is 2.60. The number of H-pyrrole nitrogens is 1. The average molecular weight is 345 g/mol. The number of fused-ring (bicyclic) bond motifs is 1. The maximum Gasteiger partial charge on any atom is 0.341 e. The molecular formula is C22H19NO3. The third-order valence-electron chi connectivity index (χ3n) is 4.56. The summed E-state index contributed by atoms with van der Waals surface area (Å²) in [5, 5.41) is 1.08. The molecule has 0 spiro atoms. The van der Waals surface area contributed by atoms with Gasteiger partial charge in [-0.25, -0.2) is 4.79 Å². The zero-order valence-corrected chi connectivity index (χ0v) is 14.9. The minimum absolute atomic E-state index is 0.410. The molecule has 0 aliphatic rings. The number of furan rings is 1. The molecule has 4 nitrogen and oxygen atoms in total. The van der Waals surface area contributed by atoms with Crippen LogP contribution in [0, 0.1) is 13.8 Å². The van der Waals surface area contributed by atoms with E-state index in [-0.39, 0.29) is 0 Å². The van der Waals surface area contributed by atoms with Gasteiger partial charge in [0.15, 0.2) is 0 Å². The zero-order valence-electron chi connectivity index (χ0n) is 14.9. The summed E-state index contributed by atoms with van der Waals surface area (Å²) in [7, 11) is 1.38. The van der Waals surface area contributed by atoms with Crippen LogP contribution in [0.25, 0.3) is 33.6 Å². The first-order valence-electron chi connectivity index (χ1n) is 8.45. The number of aromatic nitrogens is 1. The summed E-state index contributed by atoms with van der Waals surface area (Å²) in [6.07, 6.45) is 0. The van der Waals surface area contributed by atoms with Gasteiger partial charge in [-0.3, -0.25) is 0 Å². The summed E-state index contributed by atoms with van der Waals surface area (Å²) in [6.45, 7) is 4.07. The Morgan fingerprint density at radius 2 is 1.81 bits per heavy atom. The summed E-state index contributed by atoms with van der Waals surface area (Å²) in [5.41, 5.74) is 5.44. The molecule has 26 heavy (non-hydrogen) atoms. The van der Waals surface area contributed by atoms with Crippen LogP contribution in [0.2, 0.25) is 0 Å². The Bertz CT molecular complexity index is 1100. The number of hydrogen-bond donors (Lipinski definition) is 1. The molecule has 0 radical (unpaired) electrons. The van der Waals surface area contributed by atoms with Gasteiger partial charge < -0.3 is 14.1 Å². The summed E-state index contributed by atoms with van der Waals surface area (Å²) >= 11 is 0. The van der Waals surface area contributed by atoms with E-state index in [0.717, 1.165) is 27.7 Å². The van der Waals surface area contributed by atoms with Gasteiger partial charge in [-0.05, 0) is 32.0 Å². The molecule has 2 aromatic heterocycles. The van der Waals surface area contributed by atoms with E-state index in [4.69, 9.17) is 9.15 Å². The van der Waals surface area contributed by atoms with Gasteiger partial charge in [0.25, 0.3) is 0 Å². The highest BCUT2D eigenvalue weighted by Crippen LogP contribution is 2.38. The second-order valence-corrected chi connectivity index (χ2v) is 6.39. The van der Waals surface area contributed by atoms with E-state index in [0.29, 0.717) is 17.1 Å². The number of ether oxygens (including phenoxy) is 1. The normalized spacial score (nSPS) is 11.0. The Kier molecular flexibility index (Phi) is 3.88. The fraction of sp³-hybridized carbons (Fsp3) is 0.136. The van der Waals surface area contributed by atoms with Crippen LogP contribution in [0.5, 0.6) is 0 Å². The Balaban J connectivity index is 1.97. The van der Waals surface area contributed by atoms with Crippen molar-refractivity contribution in [3.63, 3.8) is 0 Å². The number of rotatable bonds is 3. The molecule has 0 aliphatic heterocycles. The summed E-state index contributed by atoms with van der Waals surface area (Å²) < 4.78 is 11.1. The Morgan fingerprint density at radius 3 is 2.54 bits per heavy atom. The van der Waals surface area contributed by atoms with Crippen molar-refractivity contribution in [1.29, 1.82) is 0 Å². The number of aromatic amines is 1. The van der Waals surface area contributed by atoms with E-state index in [9.17, 15) is 4.79 Å². The quantitative estimate of drug-likeness (QED) is 0.499. The largest absolute Gasteiger partial charge is 0.465 e. The molecule has 0 bridgehead atoms. The number of esters is 1. The van der Waals surface area contributed by atoms with Crippen LogP contribution in [0.15, 0.2) is 59.0 Å². The number of benzene rings is 2. The van der Waals surface area contributed by atoms with Gasteiger partial charge >= 0.3 is 5.97 Å². The Labute approximate surface area is 151 Å². The monoisotopic (exact) mass is 345 g/mol. The topological polar surface area (TPSA) is 55.2 Å². The first-order valence-corrected chi connectivity index (χ1v) is 8.45. The smallest absolute Gasteiger partial charge is 0.341 e. The maximum absolute atomic E-state index is 12.3. The summed E-state index contributed by atoms with van der Waals surface area (Å²) in [6, 6.07) is 17.6. The molecule has 0 atom stereocenters. The van der Waals surface area contributed by atoms with Crippen molar-refractivity contribution in [1.82, 2.24) is 4.98 Å². The van der Waals surface area contributed by atoms with E-state index in [2.05, 4.69) is 30.1 Å². The first kappa shape index (κ1) is 16.2. The molecule has 4 rings (SSSR count).